The van der Waals surface area contributed by atoms with Gasteiger partial charge in [0, 0.05) is 0 Å². The molecule has 3 fully saturated rings. The highest BCUT2D eigenvalue weighted by molar-refractivity contribution is 5.79. The Hall–Kier alpha value is -2.03. The van der Waals surface area contributed by atoms with Crippen LogP contribution in [-0.2, 0) is 23.7 Å². The molecule has 0 spiro atoms. The van der Waals surface area contributed by atoms with Crippen LogP contribution in [0.15, 0.2) is 0 Å². The molecule has 1 aliphatic carbocycles. The molecule has 0 aromatic rings. The first-order valence-corrected chi connectivity index (χ1v) is 10.7. The van der Waals surface area contributed by atoms with Crippen molar-refractivity contribution in [2.45, 2.75) is 109 Å². The Balaban J connectivity index is 1.92. The fourth-order valence-corrected chi connectivity index (χ4v) is 4.77. The summed E-state index contributed by atoms with van der Waals surface area (Å²) < 4.78 is 21.9. The molecule has 0 aromatic carbocycles. The van der Waals surface area contributed by atoms with Gasteiger partial charge < -0.3 is 24.1 Å². The molecule has 2 aliphatic heterocycles. The molecule has 2 saturated heterocycles. The van der Waals surface area contributed by atoms with Crippen LogP contribution in [0, 0.1) is 5.92 Å². The first-order chi connectivity index (χ1) is 13.9. The summed E-state index contributed by atoms with van der Waals surface area (Å²) >= 11 is 0. The lowest BCUT2D eigenvalue weighted by Gasteiger charge is -2.37. The number of carboxylic acid groups (broad SMARTS) is 1. The topological polar surface area (TPSA) is 112 Å². The van der Waals surface area contributed by atoms with Crippen LogP contribution in [-0.4, -0.2) is 63.9 Å². The van der Waals surface area contributed by atoms with E-state index in [1.54, 1.807) is 39.5 Å². The van der Waals surface area contributed by atoms with Gasteiger partial charge in [-0.2, -0.15) is 0 Å². The molecular weight excluding hydrogens is 394 g/mol. The van der Waals surface area contributed by atoms with E-state index in [1.165, 1.54) is 6.42 Å². The van der Waals surface area contributed by atoms with Gasteiger partial charge in [-0.1, -0.05) is 32.1 Å². The second kappa shape index (κ2) is 8.24. The van der Waals surface area contributed by atoms with Gasteiger partial charge in [0.25, 0.3) is 0 Å². The first-order valence-electron chi connectivity index (χ1n) is 10.7. The third-order valence-corrected chi connectivity index (χ3v) is 5.93. The van der Waals surface area contributed by atoms with Gasteiger partial charge in [-0.15, -0.1) is 0 Å². The predicted molar refractivity (Wildman–Crippen MR) is 105 cm³/mol. The monoisotopic (exact) mass is 427 g/mol. The van der Waals surface area contributed by atoms with E-state index in [1.807, 2.05) is 0 Å². The Morgan fingerprint density at radius 1 is 1.13 bits per heavy atom. The molecule has 3 rings (SSSR count). The summed E-state index contributed by atoms with van der Waals surface area (Å²) in [6, 6.07) is -0.501. The summed E-state index contributed by atoms with van der Waals surface area (Å²) in [5.74, 6) is -0.936. The van der Waals surface area contributed by atoms with E-state index in [0.29, 0.717) is 12.3 Å². The third-order valence-electron chi connectivity index (χ3n) is 5.93. The third kappa shape index (κ3) is 4.82. The summed E-state index contributed by atoms with van der Waals surface area (Å²) in [5.41, 5.74) is -1.77. The van der Waals surface area contributed by atoms with Gasteiger partial charge in [0.2, 0.25) is 6.10 Å². The normalized spacial score (nSPS) is 31.9. The SMILES string of the molecule is CC(C)(C)OC(=O)N1[C@H](CC2CCCCC2)[C@H](C2OC(=O)OC2C(=O)O)OC1(C)C. The van der Waals surface area contributed by atoms with E-state index >= 15 is 0 Å². The molecule has 0 bridgehead atoms. The summed E-state index contributed by atoms with van der Waals surface area (Å²) in [7, 11) is 0. The molecule has 4 atom stereocenters. The molecular formula is C21H33NO8. The number of aliphatic carboxylic acids is 1. The quantitative estimate of drug-likeness (QED) is 0.676. The van der Waals surface area contributed by atoms with E-state index in [2.05, 4.69) is 0 Å². The Morgan fingerprint density at radius 2 is 1.77 bits per heavy atom. The van der Waals surface area contributed by atoms with Gasteiger partial charge in [0.15, 0.2) is 6.10 Å². The molecule has 2 heterocycles. The summed E-state index contributed by atoms with van der Waals surface area (Å²) in [4.78, 5) is 38.1. The van der Waals surface area contributed by atoms with E-state index < -0.39 is 53.9 Å². The van der Waals surface area contributed by atoms with Gasteiger partial charge >= 0.3 is 18.2 Å². The summed E-state index contributed by atoms with van der Waals surface area (Å²) in [6.45, 7) is 8.83. The van der Waals surface area contributed by atoms with Crippen LogP contribution >= 0.6 is 0 Å². The number of cyclic esters (lactones) is 2. The number of carboxylic acids is 1. The zero-order valence-electron chi connectivity index (χ0n) is 18.4. The van der Waals surface area contributed by atoms with Crippen LogP contribution in [0.25, 0.3) is 0 Å². The lowest BCUT2D eigenvalue weighted by atomic mass is 9.82. The summed E-state index contributed by atoms with van der Waals surface area (Å²) in [5, 5.41) is 9.51. The number of ether oxygens (including phenoxy) is 4. The number of carbonyl (C=O) groups excluding carboxylic acids is 2. The van der Waals surface area contributed by atoms with Crippen molar-refractivity contribution in [3.05, 3.63) is 0 Å². The predicted octanol–water partition coefficient (Wildman–Crippen LogP) is 3.69. The van der Waals surface area contributed by atoms with Gasteiger partial charge in [-0.25, -0.2) is 14.4 Å². The van der Waals surface area contributed by atoms with Crippen LogP contribution in [0.4, 0.5) is 9.59 Å². The minimum atomic E-state index is -1.48. The van der Waals surface area contributed by atoms with Crippen LogP contribution in [0.3, 0.4) is 0 Å². The standard InChI is InChI=1S/C21H33NO8/c1-20(2,3)30-18(25)22-13(11-12-9-7-6-8-10-12)14(29-21(22,4)5)15-16(17(23)24)28-19(26)27-15/h12-16H,6-11H2,1-5H3,(H,23,24)/t13-,14-,15?,16?/m1/s1. The van der Waals surface area contributed by atoms with Crippen molar-refractivity contribution in [3.63, 3.8) is 0 Å². The highest BCUT2D eigenvalue weighted by atomic mass is 16.8. The fraction of sp³-hybridized carbons (Fsp3) is 0.857. The lowest BCUT2D eigenvalue weighted by Crippen LogP contribution is -2.52. The minimum Gasteiger partial charge on any atom is -0.478 e. The van der Waals surface area contributed by atoms with Crippen molar-refractivity contribution >= 4 is 18.2 Å². The van der Waals surface area contributed by atoms with E-state index in [0.717, 1.165) is 25.7 Å². The lowest BCUT2D eigenvalue weighted by molar-refractivity contribution is -0.151. The molecule has 1 amide bonds. The number of hydrogen-bond acceptors (Lipinski definition) is 7. The minimum absolute atomic E-state index is 0.370. The molecule has 0 radical (unpaired) electrons. The highest BCUT2D eigenvalue weighted by Gasteiger charge is 2.59. The first kappa shape index (κ1) is 22.7. The molecule has 1 N–H and O–H groups in total. The molecule has 1 saturated carbocycles. The maximum Gasteiger partial charge on any atom is 0.509 e. The van der Waals surface area contributed by atoms with Crippen molar-refractivity contribution < 1.29 is 38.4 Å². The second-order valence-electron chi connectivity index (χ2n) is 9.90. The molecule has 9 nitrogen and oxygen atoms in total. The Labute approximate surface area is 177 Å². The maximum atomic E-state index is 13.1. The summed E-state index contributed by atoms with van der Waals surface area (Å²) in [6.07, 6.45) is 1.10. The highest BCUT2D eigenvalue weighted by Crippen LogP contribution is 2.42. The van der Waals surface area contributed by atoms with Gasteiger partial charge in [0.05, 0.1) is 6.04 Å². The smallest absolute Gasteiger partial charge is 0.478 e. The van der Waals surface area contributed by atoms with Gasteiger partial charge in [-0.3, -0.25) is 4.90 Å². The Bertz CT molecular complexity index is 679. The number of nitrogens with zero attached hydrogens (tertiary/aromatic N) is 1. The van der Waals surface area contributed by atoms with E-state index in [4.69, 9.17) is 18.9 Å². The number of hydrogen-bond donors (Lipinski definition) is 1. The molecule has 30 heavy (non-hydrogen) atoms. The number of carbonyl (C=O) groups is 3. The largest absolute Gasteiger partial charge is 0.509 e. The van der Waals surface area contributed by atoms with Crippen molar-refractivity contribution in [1.29, 1.82) is 0 Å². The average Bonchev–Trinajstić information content (AvgIpc) is 3.11. The van der Waals surface area contributed by atoms with Crippen molar-refractivity contribution in [2.75, 3.05) is 0 Å². The zero-order chi connectivity index (χ0) is 22.3. The molecule has 170 valence electrons. The number of rotatable bonds is 4. The van der Waals surface area contributed by atoms with Crippen LogP contribution in [0.5, 0.6) is 0 Å². The molecule has 3 aliphatic rings. The van der Waals surface area contributed by atoms with E-state index in [-0.39, 0.29) is 0 Å². The van der Waals surface area contributed by atoms with Crippen molar-refractivity contribution in [1.82, 2.24) is 4.90 Å². The Kier molecular flexibility index (Phi) is 6.23. The van der Waals surface area contributed by atoms with Crippen LogP contribution < -0.4 is 0 Å². The molecule has 0 aromatic heterocycles. The van der Waals surface area contributed by atoms with Crippen molar-refractivity contribution in [3.8, 4) is 0 Å². The number of amides is 1. The van der Waals surface area contributed by atoms with Gasteiger partial charge in [-0.05, 0) is 47.0 Å². The average molecular weight is 427 g/mol. The zero-order valence-corrected chi connectivity index (χ0v) is 18.4. The van der Waals surface area contributed by atoms with Crippen molar-refractivity contribution in [2.24, 2.45) is 5.92 Å². The maximum absolute atomic E-state index is 13.1. The Morgan fingerprint density at radius 3 is 2.33 bits per heavy atom. The van der Waals surface area contributed by atoms with Crippen LogP contribution in [0.2, 0.25) is 0 Å². The second-order valence-corrected chi connectivity index (χ2v) is 9.90. The van der Waals surface area contributed by atoms with Gasteiger partial charge in [0.1, 0.15) is 17.4 Å². The molecule has 2 unspecified atom stereocenters. The molecule has 9 heteroatoms. The van der Waals surface area contributed by atoms with E-state index in [9.17, 15) is 19.5 Å². The van der Waals surface area contributed by atoms with Crippen LogP contribution in [0.1, 0.15) is 73.1 Å². The fourth-order valence-electron chi connectivity index (χ4n) is 4.77.